The highest BCUT2D eigenvalue weighted by molar-refractivity contribution is 5.87. The topological polar surface area (TPSA) is 143 Å². The molecule has 2 aromatic heterocycles. The molecule has 0 unspecified atom stereocenters. The number of hydrogen-bond acceptors (Lipinski definition) is 4. The molecule has 0 saturated carbocycles. The van der Waals surface area contributed by atoms with Crippen molar-refractivity contribution in [3.63, 3.8) is 0 Å². The lowest BCUT2D eigenvalue weighted by atomic mass is 9.71. The second-order valence-electron chi connectivity index (χ2n) is 12.7. The number of nitrogens with two attached hydrogens (primary N) is 2. The smallest absolute Gasteiger partial charge is 0.218 e. The van der Waals surface area contributed by atoms with E-state index in [-0.39, 0.29) is 17.3 Å². The van der Waals surface area contributed by atoms with Crippen LogP contribution in [0.25, 0.3) is 22.3 Å². The predicted octanol–water partition coefficient (Wildman–Crippen LogP) is 6.11. The normalized spacial score (nSPS) is 13.7. The summed E-state index contributed by atoms with van der Waals surface area (Å²) in [6.07, 6.45) is 9.21. The van der Waals surface area contributed by atoms with Crippen molar-refractivity contribution in [2.45, 2.75) is 36.5 Å². The lowest BCUT2D eigenvalue weighted by Crippen LogP contribution is -2.34. The summed E-state index contributed by atoms with van der Waals surface area (Å²) in [5, 5.41) is 0. The van der Waals surface area contributed by atoms with Gasteiger partial charge < -0.3 is 16.9 Å². The van der Waals surface area contributed by atoms with Crippen LogP contribution in [0.5, 0.6) is 0 Å². The van der Waals surface area contributed by atoms with Gasteiger partial charge in [-0.15, -0.1) is 0 Å². The van der Waals surface area contributed by atoms with Crippen LogP contribution in [-0.4, -0.2) is 27.3 Å². The molecule has 2 amide bonds. The molecule has 2 aliphatic carbocycles. The third-order valence-corrected chi connectivity index (χ3v) is 9.81. The number of primary amides is 2. The van der Waals surface area contributed by atoms with Gasteiger partial charge in [0.25, 0.3) is 0 Å². The maximum absolute atomic E-state index is 12.0. The molecule has 49 heavy (non-hydrogen) atoms. The summed E-state index contributed by atoms with van der Waals surface area (Å²) in [5.41, 5.74) is 22.3. The van der Waals surface area contributed by atoms with Crippen LogP contribution in [0.2, 0.25) is 0 Å². The van der Waals surface area contributed by atoms with Crippen molar-refractivity contribution in [1.82, 2.24) is 9.97 Å². The standard InChI is InChI=1S/2C21H18N2O.H2O/c2*22-20(24)14-21(13-15-9-11-23-12-10-15)18-7-3-1-5-16(18)17-6-2-4-8-19(17)21;/h2*1-12H,13-14H2,(H2,22,24);1H2. The number of pyridine rings is 2. The van der Waals surface area contributed by atoms with E-state index < -0.39 is 10.8 Å². The molecule has 6 aromatic rings. The molecule has 2 heterocycles. The third kappa shape index (κ3) is 6.01. The second kappa shape index (κ2) is 13.7. The van der Waals surface area contributed by atoms with Gasteiger partial charge in [0, 0.05) is 48.5 Å². The van der Waals surface area contributed by atoms with E-state index in [9.17, 15) is 9.59 Å². The Morgan fingerprint density at radius 3 is 0.980 bits per heavy atom. The largest absolute Gasteiger partial charge is 0.412 e. The summed E-state index contributed by atoms with van der Waals surface area (Å²) in [7, 11) is 0. The Labute approximate surface area is 286 Å². The number of aromatic nitrogens is 2. The average molecular weight is 647 g/mol. The van der Waals surface area contributed by atoms with E-state index >= 15 is 0 Å². The number of fused-ring (bicyclic) bond motifs is 6. The molecule has 244 valence electrons. The molecule has 0 bridgehead atoms. The van der Waals surface area contributed by atoms with Crippen molar-refractivity contribution < 1.29 is 15.1 Å². The molecule has 8 rings (SSSR count). The molecule has 0 atom stereocenters. The van der Waals surface area contributed by atoms with Gasteiger partial charge in [-0.25, -0.2) is 0 Å². The highest BCUT2D eigenvalue weighted by Gasteiger charge is 2.45. The van der Waals surface area contributed by atoms with Crippen molar-refractivity contribution in [2.24, 2.45) is 11.5 Å². The van der Waals surface area contributed by atoms with Gasteiger partial charge in [0.2, 0.25) is 11.8 Å². The first-order valence-corrected chi connectivity index (χ1v) is 16.1. The molecular weight excluding hydrogens is 608 g/mol. The number of hydrogen-bond donors (Lipinski definition) is 2. The fourth-order valence-electron chi connectivity index (χ4n) is 8.01. The van der Waals surface area contributed by atoms with E-state index in [2.05, 4.69) is 58.5 Å². The summed E-state index contributed by atoms with van der Waals surface area (Å²) in [6, 6.07) is 41.4. The zero-order chi connectivity index (χ0) is 33.1. The van der Waals surface area contributed by atoms with E-state index in [1.165, 1.54) is 44.5 Å². The number of amides is 2. The van der Waals surface area contributed by atoms with Gasteiger partial charge in [-0.2, -0.15) is 0 Å². The summed E-state index contributed by atoms with van der Waals surface area (Å²) in [4.78, 5) is 32.2. The summed E-state index contributed by atoms with van der Waals surface area (Å²) in [6.45, 7) is 0. The lowest BCUT2D eigenvalue weighted by Gasteiger charge is -2.31. The van der Waals surface area contributed by atoms with Gasteiger partial charge in [0.1, 0.15) is 0 Å². The summed E-state index contributed by atoms with van der Waals surface area (Å²) in [5.74, 6) is -0.564. The Morgan fingerprint density at radius 1 is 0.449 bits per heavy atom. The molecule has 6 N–H and O–H groups in total. The van der Waals surface area contributed by atoms with Gasteiger partial charge in [0.05, 0.1) is 0 Å². The van der Waals surface area contributed by atoms with Crippen LogP contribution in [0.3, 0.4) is 0 Å². The number of nitrogens with zero attached hydrogens (tertiary/aromatic N) is 2. The van der Waals surface area contributed by atoms with Crippen molar-refractivity contribution in [3.05, 3.63) is 179 Å². The van der Waals surface area contributed by atoms with Crippen molar-refractivity contribution in [2.75, 3.05) is 0 Å². The number of rotatable bonds is 8. The van der Waals surface area contributed by atoms with Crippen molar-refractivity contribution >= 4 is 11.8 Å². The first kappa shape index (κ1) is 33.0. The van der Waals surface area contributed by atoms with E-state index in [1.807, 2.05) is 72.8 Å². The zero-order valence-corrected chi connectivity index (χ0v) is 27.1. The highest BCUT2D eigenvalue weighted by atomic mass is 16.1. The van der Waals surface area contributed by atoms with Crippen molar-refractivity contribution in [1.29, 1.82) is 0 Å². The van der Waals surface area contributed by atoms with Gasteiger partial charge in [0.15, 0.2) is 0 Å². The first-order valence-electron chi connectivity index (χ1n) is 16.1. The minimum atomic E-state index is -0.416. The van der Waals surface area contributed by atoms with Crippen LogP contribution in [0.1, 0.15) is 46.2 Å². The first-order chi connectivity index (χ1) is 23.4. The van der Waals surface area contributed by atoms with Crippen LogP contribution in [0, 0.1) is 0 Å². The predicted molar refractivity (Wildman–Crippen MR) is 192 cm³/mol. The molecule has 0 saturated heterocycles. The molecule has 0 aliphatic heterocycles. The monoisotopic (exact) mass is 646 g/mol. The van der Waals surface area contributed by atoms with E-state index in [0.29, 0.717) is 12.8 Å². The molecule has 2 aliphatic rings. The fourth-order valence-corrected chi connectivity index (χ4v) is 8.01. The summed E-state index contributed by atoms with van der Waals surface area (Å²) < 4.78 is 0. The Kier molecular flexibility index (Phi) is 9.20. The van der Waals surface area contributed by atoms with Crippen LogP contribution < -0.4 is 11.5 Å². The number of carbonyl (C=O) groups excluding carboxylic acids is 2. The SMILES string of the molecule is NC(=O)CC1(Cc2ccncc2)c2ccccc2-c2ccccc21.NC(=O)CC1(Cc2ccncc2)c2ccccc2-c2ccccc21.O. The van der Waals surface area contributed by atoms with Crippen LogP contribution in [0.4, 0.5) is 0 Å². The second-order valence-corrected chi connectivity index (χ2v) is 12.7. The molecular formula is C42H38N4O3. The Hall–Kier alpha value is -5.92. The maximum atomic E-state index is 12.0. The molecule has 0 spiro atoms. The lowest BCUT2D eigenvalue weighted by molar-refractivity contribution is -0.119. The highest BCUT2D eigenvalue weighted by Crippen LogP contribution is 2.53. The fraction of sp³-hybridized carbons (Fsp3) is 0.143. The van der Waals surface area contributed by atoms with E-state index in [1.54, 1.807) is 24.8 Å². The van der Waals surface area contributed by atoms with E-state index in [0.717, 1.165) is 24.0 Å². The Balaban J connectivity index is 0.000000167. The maximum Gasteiger partial charge on any atom is 0.218 e. The van der Waals surface area contributed by atoms with Gasteiger partial charge in [-0.3, -0.25) is 19.6 Å². The Bertz CT molecular complexity index is 1870. The van der Waals surface area contributed by atoms with Crippen LogP contribution in [0.15, 0.2) is 146 Å². The quantitative estimate of drug-likeness (QED) is 0.206. The molecule has 7 heteroatoms. The van der Waals surface area contributed by atoms with E-state index in [4.69, 9.17) is 11.5 Å². The minimum absolute atomic E-state index is 0. The number of benzene rings is 4. The molecule has 0 radical (unpaired) electrons. The van der Waals surface area contributed by atoms with Gasteiger partial charge in [-0.05, 0) is 92.7 Å². The Morgan fingerprint density at radius 2 is 0.714 bits per heavy atom. The molecule has 0 fully saturated rings. The molecule has 4 aromatic carbocycles. The van der Waals surface area contributed by atoms with Gasteiger partial charge in [-0.1, -0.05) is 97.1 Å². The summed E-state index contributed by atoms with van der Waals surface area (Å²) >= 11 is 0. The van der Waals surface area contributed by atoms with Gasteiger partial charge >= 0.3 is 0 Å². The van der Waals surface area contributed by atoms with Crippen LogP contribution in [-0.2, 0) is 33.3 Å². The minimum Gasteiger partial charge on any atom is -0.412 e. The third-order valence-electron chi connectivity index (χ3n) is 9.81. The zero-order valence-electron chi connectivity index (χ0n) is 27.1. The average Bonchev–Trinajstić information content (AvgIpc) is 3.53. The number of carbonyl (C=O) groups is 2. The molecule has 7 nitrogen and oxygen atoms in total. The van der Waals surface area contributed by atoms with Crippen LogP contribution >= 0.6 is 0 Å². The van der Waals surface area contributed by atoms with Crippen molar-refractivity contribution in [3.8, 4) is 22.3 Å².